The molecule has 0 radical (unpaired) electrons. The predicted octanol–water partition coefficient (Wildman–Crippen LogP) is 2.91. The smallest absolute Gasteiger partial charge is 0.338 e. The molecule has 1 amide bonds. The number of hydrogen-bond acceptors (Lipinski definition) is 5. The summed E-state index contributed by atoms with van der Waals surface area (Å²) in [5, 5.41) is 0. The van der Waals surface area contributed by atoms with Crippen molar-refractivity contribution in [3.05, 3.63) is 59.7 Å². The summed E-state index contributed by atoms with van der Waals surface area (Å²) in [6.07, 6.45) is 0. The maximum Gasteiger partial charge on any atom is 0.338 e. The zero-order chi connectivity index (χ0) is 18.9. The van der Waals surface area contributed by atoms with E-state index in [1.807, 2.05) is 31.2 Å². The number of carbonyl (C=O) groups is 2. The minimum Gasteiger partial charge on any atom is -0.496 e. The van der Waals surface area contributed by atoms with Crippen molar-refractivity contribution in [1.29, 1.82) is 0 Å². The predicted molar refractivity (Wildman–Crippen MR) is 97.4 cm³/mol. The molecule has 0 aromatic heterocycles. The average Bonchev–Trinajstić information content (AvgIpc) is 2.67. The molecule has 0 unspecified atom stereocenters. The van der Waals surface area contributed by atoms with Crippen LogP contribution in [0.4, 0.5) is 0 Å². The number of esters is 1. The highest BCUT2D eigenvalue weighted by Gasteiger charge is 2.15. The van der Waals surface area contributed by atoms with Gasteiger partial charge in [-0.15, -0.1) is 0 Å². The van der Waals surface area contributed by atoms with E-state index in [0.29, 0.717) is 30.2 Å². The molecular formula is C20H23NO5. The second kappa shape index (κ2) is 9.46. The highest BCUT2D eigenvalue weighted by molar-refractivity contribution is 5.91. The van der Waals surface area contributed by atoms with Crippen molar-refractivity contribution >= 4 is 11.9 Å². The third kappa shape index (κ3) is 5.24. The molecule has 26 heavy (non-hydrogen) atoms. The number of para-hydroxylation sites is 1. The number of rotatable bonds is 8. The number of nitrogens with zero attached hydrogens (tertiary/aromatic N) is 1. The molecule has 6 heteroatoms. The van der Waals surface area contributed by atoms with Gasteiger partial charge in [0.1, 0.15) is 11.5 Å². The summed E-state index contributed by atoms with van der Waals surface area (Å²) in [6, 6.07) is 14.1. The summed E-state index contributed by atoms with van der Waals surface area (Å²) in [4.78, 5) is 25.7. The second-order valence-electron chi connectivity index (χ2n) is 5.60. The highest BCUT2D eigenvalue weighted by atomic mass is 16.5. The van der Waals surface area contributed by atoms with Crippen molar-refractivity contribution in [2.45, 2.75) is 13.5 Å². The van der Waals surface area contributed by atoms with Crippen LogP contribution in [0.25, 0.3) is 0 Å². The van der Waals surface area contributed by atoms with Gasteiger partial charge in [0.15, 0.2) is 6.61 Å². The quantitative estimate of drug-likeness (QED) is 0.680. The van der Waals surface area contributed by atoms with Crippen LogP contribution in [-0.4, -0.2) is 44.1 Å². The van der Waals surface area contributed by atoms with E-state index in [9.17, 15) is 9.59 Å². The lowest BCUT2D eigenvalue weighted by Gasteiger charge is -2.18. The Kier molecular flexibility index (Phi) is 7.02. The first-order valence-electron chi connectivity index (χ1n) is 8.31. The molecule has 0 aliphatic heterocycles. The molecule has 0 bridgehead atoms. The van der Waals surface area contributed by atoms with Gasteiger partial charge in [0.2, 0.25) is 0 Å². The van der Waals surface area contributed by atoms with Crippen LogP contribution in [0.2, 0.25) is 0 Å². The maximum absolute atomic E-state index is 12.2. The number of carbonyl (C=O) groups excluding carboxylic acids is 2. The van der Waals surface area contributed by atoms with Gasteiger partial charge in [0, 0.05) is 19.2 Å². The lowest BCUT2D eigenvalue weighted by molar-refractivity contribution is -0.133. The van der Waals surface area contributed by atoms with Crippen LogP contribution in [0.15, 0.2) is 48.5 Å². The van der Waals surface area contributed by atoms with Gasteiger partial charge in [-0.25, -0.2) is 4.79 Å². The van der Waals surface area contributed by atoms with E-state index >= 15 is 0 Å². The molecule has 0 aliphatic rings. The van der Waals surface area contributed by atoms with Gasteiger partial charge in [-0.1, -0.05) is 18.2 Å². The molecule has 0 saturated carbocycles. The lowest BCUT2D eigenvalue weighted by Crippen LogP contribution is -2.31. The summed E-state index contributed by atoms with van der Waals surface area (Å²) in [5.74, 6) is 0.539. The molecule has 0 fully saturated rings. The molecular weight excluding hydrogens is 334 g/mol. The first-order valence-corrected chi connectivity index (χ1v) is 8.31. The van der Waals surface area contributed by atoms with Crippen LogP contribution in [-0.2, 0) is 16.1 Å². The minimum atomic E-state index is -0.549. The van der Waals surface area contributed by atoms with E-state index in [4.69, 9.17) is 14.2 Å². The SMILES string of the molecule is CCOc1ccc(C(=O)OCC(=O)N(C)Cc2ccccc2OC)cc1. The van der Waals surface area contributed by atoms with Gasteiger partial charge in [0.25, 0.3) is 5.91 Å². The fourth-order valence-corrected chi connectivity index (χ4v) is 2.35. The fourth-order valence-electron chi connectivity index (χ4n) is 2.35. The van der Waals surface area contributed by atoms with E-state index in [2.05, 4.69) is 0 Å². The molecule has 0 N–H and O–H groups in total. The molecule has 0 saturated heterocycles. The number of methoxy groups -OCH3 is 1. The van der Waals surface area contributed by atoms with Crippen LogP contribution in [0.3, 0.4) is 0 Å². The van der Waals surface area contributed by atoms with Crippen molar-refractivity contribution in [3.8, 4) is 11.5 Å². The first-order chi connectivity index (χ1) is 12.5. The molecule has 138 valence electrons. The van der Waals surface area contributed by atoms with E-state index in [1.54, 1.807) is 38.4 Å². The van der Waals surface area contributed by atoms with Gasteiger partial charge in [0.05, 0.1) is 19.3 Å². The van der Waals surface area contributed by atoms with Crippen molar-refractivity contribution in [1.82, 2.24) is 4.90 Å². The Morgan fingerprint density at radius 2 is 1.73 bits per heavy atom. The van der Waals surface area contributed by atoms with Crippen LogP contribution >= 0.6 is 0 Å². The summed E-state index contributed by atoms with van der Waals surface area (Å²) in [7, 11) is 3.23. The fraction of sp³-hybridized carbons (Fsp3) is 0.300. The van der Waals surface area contributed by atoms with E-state index in [1.165, 1.54) is 4.90 Å². The molecule has 2 aromatic carbocycles. The molecule has 0 heterocycles. The molecule has 2 aromatic rings. The third-order valence-electron chi connectivity index (χ3n) is 3.75. The number of likely N-dealkylation sites (N-methyl/N-ethyl adjacent to an activating group) is 1. The molecule has 0 spiro atoms. The Bertz CT molecular complexity index is 742. The van der Waals surface area contributed by atoms with Crippen molar-refractivity contribution in [2.75, 3.05) is 27.4 Å². The number of benzene rings is 2. The first kappa shape index (κ1) is 19.3. The largest absolute Gasteiger partial charge is 0.496 e. The summed E-state index contributed by atoms with van der Waals surface area (Å²) < 4.78 is 15.7. The van der Waals surface area contributed by atoms with Gasteiger partial charge >= 0.3 is 5.97 Å². The summed E-state index contributed by atoms with van der Waals surface area (Å²) >= 11 is 0. The second-order valence-corrected chi connectivity index (χ2v) is 5.60. The minimum absolute atomic E-state index is 0.296. The Morgan fingerprint density at radius 1 is 1.04 bits per heavy atom. The van der Waals surface area contributed by atoms with Crippen LogP contribution in [0.1, 0.15) is 22.8 Å². The zero-order valence-electron chi connectivity index (χ0n) is 15.2. The van der Waals surface area contributed by atoms with Crippen LogP contribution in [0.5, 0.6) is 11.5 Å². The van der Waals surface area contributed by atoms with Crippen molar-refractivity contribution < 1.29 is 23.8 Å². The van der Waals surface area contributed by atoms with E-state index in [0.717, 1.165) is 5.56 Å². The van der Waals surface area contributed by atoms with Crippen LogP contribution in [0, 0.1) is 0 Å². The number of amides is 1. The Labute approximate surface area is 153 Å². The number of ether oxygens (including phenoxy) is 3. The molecule has 6 nitrogen and oxygen atoms in total. The summed E-state index contributed by atoms with van der Waals surface area (Å²) in [5.41, 5.74) is 1.25. The third-order valence-corrected chi connectivity index (χ3v) is 3.75. The monoisotopic (exact) mass is 357 g/mol. The molecule has 0 aliphatic carbocycles. The average molecular weight is 357 g/mol. The normalized spacial score (nSPS) is 10.1. The van der Waals surface area contributed by atoms with Gasteiger partial charge in [-0.2, -0.15) is 0 Å². The van der Waals surface area contributed by atoms with Gasteiger partial charge in [-0.3, -0.25) is 4.79 Å². The van der Waals surface area contributed by atoms with E-state index in [-0.39, 0.29) is 12.5 Å². The Balaban J connectivity index is 1.87. The zero-order valence-corrected chi connectivity index (χ0v) is 15.2. The van der Waals surface area contributed by atoms with Gasteiger partial charge < -0.3 is 19.1 Å². The molecule has 0 atom stereocenters. The molecule has 2 rings (SSSR count). The van der Waals surface area contributed by atoms with Gasteiger partial charge in [-0.05, 0) is 37.3 Å². The maximum atomic E-state index is 12.2. The summed E-state index contributed by atoms with van der Waals surface area (Å²) in [6.45, 7) is 2.48. The van der Waals surface area contributed by atoms with Crippen molar-refractivity contribution in [3.63, 3.8) is 0 Å². The topological polar surface area (TPSA) is 65.1 Å². The number of hydrogen-bond donors (Lipinski definition) is 0. The standard InChI is InChI=1S/C20H23NO5/c1-4-25-17-11-9-15(10-12-17)20(23)26-14-19(22)21(2)13-16-7-5-6-8-18(16)24-3/h5-12H,4,13-14H2,1-3H3. The Hall–Kier alpha value is -3.02. The Morgan fingerprint density at radius 3 is 2.38 bits per heavy atom. The van der Waals surface area contributed by atoms with Crippen LogP contribution < -0.4 is 9.47 Å². The highest BCUT2D eigenvalue weighted by Crippen LogP contribution is 2.19. The van der Waals surface area contributed by atoms with E-state index < -0.39 is 5.97 Å². The lowest BCUT2D eigenvalue weighted by atomic mass is 10.2. The van der Waals surface area contributed by atoms with Crippen molar-refractivity contribution in [2.24, 2.45) is 0 Å².